The number of anilines is 1. The van der Waals surface area contributed by atoms with E-state index in [9.17, 15) is 4.79 Å². The summed E-state index contributed by atoms with van der Waals surface area (Å²) < 4.78 is 0. The van der Waals surface area contributed by atoms with Gasteiger partial charge >= 0.3 is 0 Å². The van der Waals surface area contributed by atoms with Crippen LogP contribution in [0.4, 0.5) is 5.69 Å². The number of carbonyl (C=O) groups excluding carboxylic acids is 1. The van der Waals surface area contributed by atoms with Crippen molar-refractivity contribution in [1.82, 2.24) is 30.1 Å². The van der Waals surface area contributed by atoms with Crippen molar-refractivity contribution in [3.63, 3.8) is 0 Å². The van der Waals surface area contributed by atoms with Crippen molar-refractivity contribution >= 4 is 33.5 Å². The molecular formula is C32H29N7O. The van der Waals surface area contributed by atoms with Crippen LogP contribution in [0.3, 0.4) is 0 Å². The van der Waals surface area contributed by atoms with Crippen molar-refractivity contribution in [3.05, 3.63) is 79.5 Å². The van der Waals surface area contributed by atoms with Crippen LogP contribution in [0.5, 0.6) is 0 Å². The van der Waals surface area contributed by atoms with Crippen molar-refractivity contribution in [2.75, 3.05) is 5.32 Å². The van der Waals surface area contributed by atoms with Gasteiger partial charge in [0.15, 0.2) is 0 Å². The molecule has 0 aliphatic heterocycles. The summed E-state index contributed by atoms with van der Waals surface area (Å²) in [6.07, 6.45) is 15.6. The van der Waals surface area contributed by atoms with Gasteiger partial charge in [-0.1, -0.05) is 31.4 Å². The Morgan fingerprint density at radius 1 is 0.875 bits per heavy atom. The molecule has 1 saturated carbocycles. The van der Waals surface area contributed by atoms with Gasteiger partial charge in [-0.2, -0.15) is 5.10 Å². The minimum Gasteiger partial charge on any atom is -0.338 e. The first-order valence-corrected chi connectivity index (χ1v) is 13.8. The third kappa shape index (κ3) is 4.73. The Morgan fingerprint density at radius 2 is 1.77 bits per heavy atom. The van der Waals surface area contributed by atoms with Gasteiger partial charge in [0.05, 0.1) is 23.1 Å². The predicted molar refractivity (Wildman–Crippen MR) is 157 cm³/mol. The fourth-order valence-electron chi connectivity index (χ4n) is 5.86. The second kappa shape index (κ2) is 10.4. The summed E-state index contributed by atoms with van der Waals surface area (Å²) in [6, 6.07) is 16.2. The Labute approximate surface area is 231 Å². The number of amides is 1. The Balaban J connectivity index is 1.19. The summed E-state index contributed by atoms with van der Waals surface area (Å²) in [7, 11) is 0. The van der Waals surface area contributed by atoms with Crippen LogP contribution in [0.1, 0.15) is 38.5 Å². The Bertz CT molecular complexity index is 1820. The highest BCUT2D eigenvalue weighted by Gasteiger charge is 2.18. The quantitative estimate of drug-likeness (QED) is 0.213. The third-order valence-electron chi connectivity index (χ3n) is 7.88. The Hall–Kier alpha value is -4.85. The van der Waals surface area contributed by atoms with E-state index in [0.29, 0.717) is 12.3 Å². The molecule has 8 heteroatoms. The lowest BCUT2D eigenvalue weighted by molar-refractivity contribution is -0.117. The van der Waals surface area contributed by atoms with E-state index in [1.807, 2.05) is 48.8 Å². The zero-order valence-corrected chi connectivity index (χ0v) is 22.0. The highest BCUT2D eigenvalue weighted by molar-refractivity contribution is 6.00. The molecule has 1 aromatic carbocycles. The normalized spacial score (nSPS) is 14.1. The Morgan fingerprint density at radius 3 is 2.65 bits per heavy atom. The van der Waals surface area contributed by atoms with Crippen LogP contribution >= 0.6 is 0 Å². The van der Waals surface area contributed by atoms with Crippen molar-refractivity contribution < 1.29 is 4.79 Å². The number of benzene rings is 1. The lowest BCUT2D eigenvalue weighted by Gasteiger charge is -2.20. The summed E-state index contributed by atoms with van der Waals surface area (Å²) in [6.45, 7) is 0. The van der Waals surface area contributed by atoms with Gasteiger partial charge in [0.2, 0.25) is 5.91 Å². The zero-order valence-electron chi connectivity index (χ0n) is 22.0. The van der Waals surface area contributed by atoms with Crippen molar-refractivity contribution in [2.24, 2.45) is 5.92 Å². The molecule has 7 rings (SSSR count). The first-order chi connectivity index (χ1) is 19.7. The second-order valence-electron chi connectivity index (χ2n) is 10.6. The van der Waals surface area contributed by atoms with Gasteiger partial charge in [-0.3, -0.25) is 19.9 Å². The first kappa shape index (κ1) is 24.2. The minimum atomic E-state index is 0.0662. The highest BCUT2D eigenvalue weighted by atomic mass is 16.1. The number of carbonyl (C=O) groups is 1. The van der Waals surface area contributed by atoms with Crippen molar-refractivity contribution in [3.8, 4) is 33.6 Å². The van der Waals surface area contributed by atoms with Crippen molar-refractivity contribution in [2.45, 2.75) is 38.5 Å². The number of fused-ring (bicyclic) bond motifs is 2. The van der Waals surface area contributed by atoms with Crippen LogP contribution in [-0.4, -0.2) is 36.0 Å². The molecule has 6 aromatic rings. The molecule has 3 N–H and O–H groups in total. The molecule has 198 valence electrons. The summed E-state index contributed by atoms with van der Waals surface area (Å²) >= 11 is 0. The fraction of sp³-hybridized carbons (Fsp3) is 0.219. The fourth-order valence-corrected chi connectivity index (χ4v) is 5.86. The second-order valence-corrected chi connectivity index (χ2v) is 10.6. The van der Waals surface area contributed by atoms with E-state index in [4.69, 9.17) is 0 Å². The SMILES string of the molecule is O=C(CC1CCCCC1)Nc1cncc(-c2ccc3[nH]nc(-c4cc5c(-c6cccnc6)ccnc5[nH]4)c3c2)c1. The third-order valence-corrected chi connectivity index (χ3v) is 7.88. The van der Waals surface area contributed by atoms with E-state index in [1.165, 1.54) is 19.3 Å². The summed E-state index contributed by atoms with van der Waals surface area (Å²) in [4.78, 5) is 29.4. The first-order valence-electron chi connectivity index (χ1n) is 13.8. The summed E-state index contributed by atoms with van der Waals surface area (Å²) in [5, 5.41) is 12.9. The molecule has 40 heavy (non-hydrogen) atoms. The summed E-state index contributed by atoms with van der Waals surface area (Å²) in [5.74, 6) is 0.559. The molecule has 0 spiro atoms. The van der Waals surface area contributed by atoms with E-state index in [0.717, 1.165) is 74.1 Å². The van der Waals surface area contributed by atoms with Crippen molar-refractivity contribution in [1.29, 1.82) is 0 Å². The average Bonchev–Trinajstić information content (AvgIpc) is 3.62. The molecule has 0 atom stereocenters. The predicted octanol–water partition coefficient (Wildman–Crippen LogP) is 7.14. The van der Waals surface area contributed by atoms with Crippen LogP contribution < -0.4 is 5.32 Å². The number of nitrogens with one attached hydrogen (secondary N) is 3. The maximum Gasteiger partial charge on any atom is 0.224 e. The highest BCUT2D eigenvalue weighted by Crippen LogP contribution is 2.35. The monoisotopic (exact) mass is 527 g/mol. The maximum absolute atomic E-state index is 12.7. The zero-order chi connectivity index (χ0) is 26.9. The van der Waals surface area contributed by atoms with Gasteiger partial charge in [-0.05, 0) is 66.3 Å². The molecule has 8 nitrogen and oxygen atoms in total. The molecule has 1 aliphatic carbocycles. The molecule has 5 heterocycles. The topological polar surface area (TPSA) is 112 Å². The van der Waals surface area contributed by atoms with Crippen LogP contribution in [0.2, 0.25) is 0 Å². The number of nitrogens with zero attached hydrogens (tertiary/aromatic N) is 4. The number of hydrogen-bond acceptors (Lipinski definition) is 5. The molecule has 1 fully saturated rings. The van der Waals surface area contributed by atoms with Crippen LogP contribution in [0.25, 0.3) is 55.6 Å². The number of aromatic amines is 2. The standard InChI is InChI=1S/C32H29N7O/c40-30(13-20-5-2-1-3-6-20)36-24-14-23(18-34-19-24)21-8-9-28-27(15-21)31(39-38-28)29-16-26-25(10-12-35-32(26)37-29)22-7-4-11-33-17-22/h4,7-12,14-20H,1-3,5-6,13H2,(H,35,37)(H,36,40)(H,38,39). The maximum atomic E-state index is 12.7. The molecule has 0 unspecified atom stereocenters. The number of hydrogen-bond donors (Lipinski definition) is 3. The van der Waals surface area contributed by atoms with E-state index in [2.05, 4.69) is 47.6 Å². The van der Waals surface area contributed by atoms with Gasteiger partial charge < -0.3 is 10.3 Å². The number of pyridine rings is 3. The smallest absolute Gasteiger partial charge is 0.224 e. The number of H-pyrrole nitrogens is 2. The molecular weight excluding hydrogens is 498 g/mol. The van der Waals surface area contributed by atoms with Crippen LogP contribution in [0, 0.1) is 5.92 Å². The largest absolute Gasteiger partial charge is 0.338 e. The van der Waals surface area contributed by atoms with E-state index >= 15 is 0 Å². The van der Waals surface area contributed by atoms with Crippen LogP contribution in [0.15, 0.2) is 79.5 Å². The lowest BCUT2D eigenvalue weighted by atomic mass is 9.87. The van der Waals surface area contributed by atoms with E-state index in [-0.39, 0.29) is 5.91 Å². The van der Waals surface area contributed by atoms with Gasteiger partial charge in [-0.15, -0.1) is 0 Å². The number of rotatable bonds is 6. The molecule has 1 aliphatic rings. The van der Waals surface area contributed by atoms with Crippen LogP contribution in [-0.2, 0) is 4.79 Å². The molecule has 0 saturated heterocycles. The minimum absolute atomic E-state index is 0.0662. The molecule has 0 bridgehead atoms. The molecule has 5 aromatic heterocycles. The summed E-state index contributed by atoms with van der Waals surface area (Å²) in [5.41, 5.74) is 8.17. The van der Waals surface area contributed by atoms with E-state index in [1.54, 1.807) is 18.6 Å². The van der Waals surface area contributed by atoms with E-state index < -0.39 is 0 Å². The molecule has 0 radical (unpaired) electrons. The van der Waals surface area contributed by atoms with Gasteiger partial charge in [-0.25, -0.2) is 4.98 Å². The van der Waals surface area contributed by atoms with Gasteiger partial charge in [0.1, 0.15) is 11.3 Å². The Kier molecular flexibility index (Phi) is 6.28. The lowest BCUT2D eigenvalue weighted by Crippen LogP contribution is -2.18. The average molecular weight is 528 g/mol. The van der Waals surface area contributed by atoms with Gasteiger partial charge in [0.25, 0.3) is 0 Å². The number of aromatic nitrogens is 6. The molecule has 1 amide bonds. The van der Waals surface area contributed by atoms with Gasteiger partial charge in [0, 0.05) is 53.1 Å².